The Morgan fingerprint density at radius 2 is 1.79 bits per heavy atom. The molecule has 2 aromatic rings. The van der Waals surface area contributed by atoms with Gasteiger partial charge in [0.05, 0.1) is 0 Å². The van der Waals surface area contributed by atoms with Crippen molar-refractivity contribution in [1.29, 1.82) is 0 Å². The molecule has 0 amide bonds. The molecule has 1 aliphatic heterocycles. The van der Waals surface area contributed by atoms with E-state index < -0.39 is 0 Å². The van der Waals surface area contributed by atoms with E-state index in [1.165, 1.54) is 11.1 Å². The van der Waals surface area contributed by atoms with Gasteiger partial charge in [-0.05, 0) is 30.7 Å². The predicted octanol–water partition coefficient (Wildman–Crippen LogP) is 4.48. The molecular formula is C18H16O. The van der Waals surface area contributed by atoms with Crippen LogP contribution in [0.15, 0.2) is 60.7 Å². The number of benzene rings is 2. The van der Waals surface area contributed by atoms with Crippen molar-refractivity contribution in [1.82, 2.24) is 0 Å². The first kappa shape index (κ1) is 11.8. The highest BCUT2D eigenvalue weighted by Crippen LogP contribution is 2.25. The van der Waals surface area contributed by atoms with E-state index in [2.05, 4.69) is 61.6 Å². The zero-order valence-corrected chi connectivity index (χ0v) is 10.9. The van der Waals surface area contributed by atoms with Crippen LogP contribution in [0.5, 0.6) is 5.75 Å². The molecule has 0 fully saturated rings. The van der Waals surface area contributed by atoms with Crippen LogP contribution in [0.1, 0.15) is 16.7 Å². The van der Waals surface area contributed by atoms with Crippen molar-refractivity contribution in [2.24, 2.45) is 0 Å². The van der Waals surface area contributed by atoms with Gasteiger partial charge in [-0.15, -0.1) is 0 Å². The Bertz CT molecular complexity index is 620. The van der Waals surface area contributed by atoms with Gasteiger partial charge in [-0.3, -0.25) is 0 Å². The molecule has 2 aromatic carbocycles. The second-order valence-electron chi connectivity index (χ2n) is 4.75. The summed E-state index contributed by atoms with van der Waals surface area (Å²) in [6, 6.07) is 16.6. The summed E-state index contributed by atoms with van der Waals surface area (Å²) in [5.74, 6) is 0.948. The molecule has 0 N–H and O–H groups in total. The van der Waals surface area contributed by atoms with E-state index in [9.17, 15) is 0 Å². The Morgan fingerprint density at radius 3 is 2.63 bits per heavy atom. The van der Waals surface area contributed by atoms with Gasteiger partial charge in [-0.2, -0.15) is 0 Å². The number of fused-ring (bicyclic) bond motifs is 1. The summed E-state index contributed by atoms with van der Waals surface area (Å²) in [6.07, 6.45) is 8.38. The molecule has 0 aliphatic carbocycles. The average Bonchev–Trinajstić information content (AvgIpc) is 2.46. The van der Waals surface area contributed by atoms with Gasteiger partial charge in [0.1, 0.15) is 11.9 Å². The number of hydrogen-bond donors (Lipinski definition) is 0. The Hall–Kier alpha value is -2.28. The summed E-state index contributed by atoms with van der Waals surface area (Å²) in [5.41, 5.74) is 3.61. The maximum absolute atomic E-state index is 5.90. The minimum atomic E-state index is 0.0104. The quantitative estimate of drug-likeness (QED) is 0.761. The van der Waals surface area contributed by atoms with Gasteiger partial charge in [0.2, 0.25) is 0 Å². The molecule has 1 heterocycles. The van der Waals surface area contributed by atoms with E-state index in [0.29, 0.717) is 0 Å². The van der Waals surface area contributed by atoms with E-state index in [1.54, 1.807) is 0 Å². The minimum Gasteiger partial charge on any atom is -0.482 e. The van der Waals surface area contributed by atoms with Crippen LogP contribution in [-0.4, -0.2) is 6.10 Å². The van der Waals surface area contributed by atoms with Crippen molar-refractivity contribution < 1.29 is 4.74 Å². The summed E-state index contributed by atoms with van der Waals surface area (Å²) in [4.78, 5) is 0. The summed E-state index contributed by atoms with van der Waals surface area (Å²) >= 11 is 0. The van der Waals surface area contributed by atoms with Crippen molar-refractivity contribution in [2.45, 2.75) is 13.0 Å². The van der Waals surface area contributed by atoms with E-state index in [-0.39, 0.29) is 6.10 Å². The first-order chi connectivity index (χ1) is 9.31. The zero-order valence-electron chi connectivity index (χ0n) is 10.9. The second kappa shape index (κ2) is 5.15. The second-order valence-corrected chi connectivity index (χ2v) is 4.75. The fraction of sp³-hybridized carbons (Fsp3) is 0.111. The summed E-state index contributed by atoms with van der Waals surface area (Å²) in [5, 5.41) is 0. The van der Waals surface area contributed by atoms with Crippen molar-refractivity contribution in [3.8, 4) is 5.75 Å². The maximum Gasteiger partial charge on any atom is 0.136 e. The molecule has 3 rings (SSSR count). The van der Waals surface area contributed by atoms with Crippen LogP contribution in [0.25, 0.3) is 12.2 Å². The molecule has 0 bridgehead atoms. The number of para-hydroxylation sites is 1. The van der Waals surface area contributed by atoms with Crippen LogP contribution < -0.4 is 4.74 Å². The molecule has 0 aromatic heterocycles. The Balaban J connectivity index is 1.74. The number of rotatable bonds is 2. The molecule has 0 saturated heterocycles. The molecule has 0 spiro atoms. The third-order valence-electron chi connectivity index (χ3n) is 3.20. The topological polar surface area (TPSA) is 9.23 Å². The van der Waals surface area contributed by atoms with Crippen LogP contribution in [-0.2, 0) is 0 Å². The number of hydrogen-bond acceptors (Lipinski definition) is 1. The Labute approximate surface area is 113 Å². The molecular weight excluding hydrogens is 232 g/mol. The van der Waals surface area contributed by atoms with E-state index in [4.69, 9.17) is 4.74 Å². The van der Waals surface area contributed by atoms with E-state index in [0.717, 1.165) is 11.3 Å². The summed E-state index contributed by atoms with van der Waals surface area (Å²) in [6.45, 7) is 2.09. The summed E-state index contributed by atoms with van der Waals surface area (Å²) in [7, 11) is 0. The predicted molar refractivity (Wildman–Crippen MR) is 80.1 cm³/mol. The third-order valence-corrected chi connectivity index (χ3v) is 3.20. The van der Waals surface area contributed by atoms with Gasteiger partial charge >= 0.3 is 0 Å². The van der Waals surface area contributed by atoms with Gasteiger partial charge in [0.15, 0.2) is 0 Å². The van der Waals surface area contributed by atoms with Crippen molar-refractivity contribution in [2.75, 3.05) is 0 Å². The van der Waals surface area contributed by atoms with E-state index in [1.807, 2.05) is 18.2 Å². The fourth-order valence-corrected chi connectivity index (χ4v) is 2.10. The van der Waals surface area contributed by atoms with Crippen LogP contribution in [0.2, 0.25) is 0 Å². The van der Waals surface area contributed by atoms with Crippen molar-refractivity contribution >= 4 is 12.2 Å². The Morgan fingerprint density at radius 1 is 1.00 bits per heavy atom. The highest BCUT2D eigenvalue weighted by molar-refractivity contribution is 5.61. The largest absolute Gasteiger partial charge is 0.482 e. The minimum absolute atomic E-state index is 0.0104. The van der Waals surface area contributed by atoms with Gasteiger partial charge in [-0.1, -0.05) is 60.2 Å². The first-order valence-corrected chi connectivity index (χ1v) is 6.50. The molecule has 1 unspecified atom stereocenters. The van der Waals surface area contributed by atoms with Crippen LogP contribution in [0.3, 0.4) is 0 Å². The monoisotopic (exact) mass is 248 g/mol. The lowest BCUT2D eigenvalue weighted by Gasteiger charge is -2.18. The zero-order chi connectivity index (χ0) is 13.1. The van der Waals surface area contributed by atoms with Gasteiger partial charge < -0.3 is 4.74 Å². The van der Waals surface area contributed by atoms with Gasteiger partial charge in [-0.25, -0.2) is 0 Å². The van der Waals surface area contributed by atoms with E-state index >= 15 is 0 Å². The molecule has 1 aliphatic rings. The standard InChI is InChI=1S/C18H16O/c1-14-6-8-15(9-7-14)10-12-17-13-11-16-4-2-3-5-18(16)19-17/h2-13,17H,1H3/b12-10+. The molecule has 1 atom stereocenters. The number of ether oxygens (including phenoxy) is 1. The highest BCUT2D eigenvalue weighted by Gasteiger charge is 2.10. The average molecular weight is 248 g/mol. The number of aryl methyl sites for hydroxylation is 1. The molecule has 0 saturated carbocycles. The fourth-order valence-electron chi connectivity index (χ4n) is 2.10. The van der Waals surface area contributed by atoms with Gasteiger partial charge in [0, 0.05) is 5.56 Å². The Kier molecular flexibility index (Phi) is 3.20. The summed E-state index contributed by atoms with van der Waals surface area (Å²) < 4.78 is 5.90. The molecule has 1 heteroatoms. The molecule has 0 radical (unpaired) electrons. The van der Waals surface area contributed by atoms with Crippen molar-refractivity contribution in [3.63, 3.8) is 0 Å². The first-order valence-electron chi connectivity index (χ1n) is 6.50. The third kappa shape index (κ3) is 2.76. The van der Waals surface area contributed by atoms with Crippen molar-refractivity contribution in [3.05, 3.63) is 77.4 Å². The lowest BCUT2D eigenvalue weighted by molar-refractivity contribution is 0.293. The molecule has 1 nitrogen and oxygen atoms in total. The van der Waals surface area contributed by atoms with Crippen LogP contribution >= 0.6 is 0 Å². The smallest absolute Gasteiger partial charge is 0.136 e. The van der Waals surface area contributed by atoms with Crippen LogP contribution in [0.4, 0.5) is 0 Å². The van der Waals surface area contributed by atoms with Crippen LogP contribution in [0, 0.1) is 6.92 Å². The van der Waals surface area contributed by atoms with Gasteiger partial charge in [0.25, 0.3) is 0 Å². The lowest BCUT2D eigenvalue weighted by Crippen LogP contribution is -2.13. The lowest BCUT2D eigenvalue weighted by atomic mass is 10.1. The highest BCUT2D eigenvalue weighted by atomic mass is 16.5. The molecule has 19 heavy (non-hydrogen) atoms. The molecule has 94 valence electrons. The maximum atomic E-state index is 5.90. The normalized spacial score (nSPS) is 17.2. The SMILES string of the molecule is Cc1ccc(/C=C/C2C=Cc3ccccc3O2)cc1.